The van der Waals surface area contributed by atoms with Crippen molar-refractivity contribution in [1.29, 1.82) is 0 Å². The van der Waals surface area contributed by atoms with E-state index in [0.717, 1.165) is 47.4 Å². The first-order valence-corrected chi connectivity index (χ1v) is 8.16. The largest absolute Gasteiger partial charge is 0.356 e. The van der Waals surface area contributed by atoms with Gasteiger partial charge in [-0.3, -0.25) is 0 Å². The highest BCUT2D eigenvalue weighted by molar-refractivity contribution is 14.1. The van der Waals surface area contributed by atoms with Crippen molar-refractivity contribution in [3.05, 3.63) is 16.1 Å². The van der Waals surface area contributed by atoms with Crippen molar-refractivity contribution in [2.75, 3.05) is 31.1 Å². The molecule has 0 spiro atoms. The average Bonchev–Trinajstić information content (AvgIpc) is 2.40. The number of anilines is 1. The van der Waals surface area contributed by atoms with Gasteiger partial charge in [-0.05, 0) is 60.4 Å². The first kappa shape index (κ1) is 15.0. The Morgan fingerprint density at radius 2 is 2.16 bits per heavy atom. The molecule has 0 amide bonds. The summed E-state index contributed by atoms with van der Waals surface area (Å²) in [4.78, 5) is 10.9. The Morgan fingerprint density at radius 3 is 2.79 bits per heavy atom. The molecule has 1 aliphatic heterocycles. The third-order valence-electron chi connectivity index (χ3n) is 3.55. The number of hydrogen-bond donors (Lipinski definition) is 1. The number of halogens is 1. The van der Waals surface area contributed by atoms with E-state index in [1.54, 1.807) is 6.33 Å². The lowest BCUT2D eigenvalue weighted by Crippen LogP contribution is -2.38. The van der Waals surface area contributed by atoms with Crippen LogP contribution >= 0.6 is 22.6 Å². The van der Waals surface area contributed by atoms with E-state index in [-0.39, 0.29) is 0 Å². The molecule has 0 aromatic carbocycles. The normalized spacial score (nSPS) is 17.2. The van der Waals surface area contributed by atoms with Crippen LogP contribution in [0.4, 0.5) is 5.82 Å². The fourth-order valence-electron chi connectivity index (χ4n) is 2.46. The van der Waals surface area contributed by atoms with Crippen LogP contribution in [0, 0.1) is 15.4 Å². The summed E-state index contributed by atoms with van der Waals surface area (Å²) >= 11 is 2.32. The van der Waals surface area contributed by atoms with Crippen molar-refractivity contribution in [2.24, 2.45) is 11.8 Å². The van der Waals surface area contributed by atoms with Crippen LogP contribution in [0.15, 0.2) is 12.5 Å². The second kappa shape index (κ2) is 7.38. The minimum absolute atomic E-state index is 0.739. The van der Waals surface area contributed by atoms with Crippen molar-refractivity contribution in [2.45, 2.75) is 26.7 Å². The molecule has 0 bridgehead atoms. The first-order chi connectivity index (χ1) is 9.16. The van der Waals surface area contributed by atoms with E-state index in [2.05, 4.69) is 56.6 Å². The van der Waals surface area contributed by atoms with E-state index >= 15 is 0 Å². The molecular formula is C14H23IN4. The number of nitrogens with zero attached hydrogens (tertiary/aromatic N) is 3. The number of rotatable bonds is 5. The third kappa shape index (κ3) is 4.56. The summed E-state index contributed by atoms with van der Waals surface area (Å²) in [5.74, 6) is 2.65. The Balaban J connectivity index is 1.78. The molecule has 1 aliphatic rings. The molecule has 1 fully saturated rings. The van der Waals surface area contributed by atoms with Crippen LogP contribution in [0.1, 0.15) is 26.7 Å². The molecule has 106 valence electrons. The molecular weight excluding hydrogens is 351 g/mol. The zero-order valence-electron chi connectivity index (χ0n) is 11.8. The van der Waals surface area contributed by atoms with Gasteiger partial charge >= 0.3 is 0 Å². The quantitative estimate of drug-likeness (QED) is 0.805. The van der Waals surface area contributed by atoms with Gasteiger partial charge in [0.2, 0.25) is 0 Å². The molecule has 0 atom stereocenters. The number of hydrogen-bond acceptors (Lipinski definition) is 4. The van der Waals surface area contributed by atoms with Crippen molar-refractivity contribution >= 4 is 28.4 Å². The average molecular weight is 374 g/mol. The van der Waals surface area contributed by atoms with E-state index in [9.17, 15) is 0 Å². The molecule has 2 heterocycles. The zero-order valence-corrected chi connectivity index (χ0v) is 13.9. The number of aromatic nitrogens is 2. The van der Waals surface area contributed by atoms with E-state index in [1.165, 1.54) is 12.8 Å². The van der Waals surface area contributed by atoms with Crippen molar-refractivity contribution in [3.63, 3.8) is 0 Å². The van der Waals surface area contributed by atoms with E-state index in [4.69, 9.17) is 0 Å². The maximum Gasteiger partial charge on any atom is 0.145 e. The summed E-state index contributed by atoms with van der Waals surface area (Å²) in [6, 6.07) is 0. The lowest BCUT2D eigenvalue weighted by atomic mass is 9.96. The molecule has 0 unspecified atom stereocenters. The van der Waals surface area contributed by atoms with Crippen LogP contribution in [0.2, 0.25) is 0 Å². The lowest BCUT2D eigenvalue weighted by molar-refractivity contribution is 0.373. The summed E-state index contributed by atoms with van der Waals surface area (Å²) in [5.41, 5.74) is 0. The number of piperidine rings is 1. The van der Waals surface area contributed by atoms with Gasteiger partial charge < -0.3 is 10.2 Å². The maximum atomic E-state index is 4.40. The van der Waals surface area contributed by atoms with Crippen LogP contribution in [0.3, 0.4) is 0 Å². The van der Waals surface area contributed by atoms with Crippen LogP contribution in [-0.2, 0) is 0 Å². The summed E-state index contributed by atoms with van der Waals surface area (Å²) in [6.45, 7) is 9.03. The third-order valence-corrected chi connectivity index (χ3v) is 4.31. The Morgan fingerprint density at radius 1 is 1.42 bits per heavy atom. The highest BCUT2D eigenvalue weighted by Crippen LogP contribution is 2.24. The molecule has 1 saturated heterocycles. The van der Waals surface area contributed by atoms with Crippen LogP contribution in [-0.4, -0.2) is 36.1 Å². The van der Waals surface area contributed by atoms with Gasteiger partial charge in [-0.2, -0.15) is 0 Å². The van der Waals surface area contributed by atoms with E-state index in [1.807, 2.05) is 6.20 Å². The van der Waals surface area contributed by atoms with Gasteiger partial charge in [-0.1, -0.05) is 13.8 Å². The summed E-state index contributed by atoms with van der Waals surface area (Å²) in [6.07, 6.45) is 6.04. The SMILES string of the molecule is CC(C)CNCC1CCN(c2ncncc2I)CC1. The molecule has 4 nitrogen and oxygen atoms in total. The predicted molar refractivity (Wildman–Crippen MR) is 87.4 cm³/mol. The van der Waals surface area contributed by atoms with E-state index in [0.29, 0.717) is 0 Å². The summed E-state index contributed by atoms with van der Waals surface area (Å²) < 4.78 is 1.15. The maximum absolute atomic E-state index is 4.40. The second-order valence-corrected chi connectivity index (χ2v) is 6.84. The first-order valence-electron chi connectivity index (χ1n) is 7.08. The minimum atomic E-state index is 0.739. The summed E-state index contributed by atoms with van der Waals surface area (Å²) in [5, 5.41) is 3.57. The second-order valence-electron chi connectivity index (χ2n) is 5.68. The van der Waals surface area contributed by atoms with Crippen molar-refractivity contribution < 1.29 is 0 Å². The molecule has 1 aromatic rings. The molecule has 19 heavy (non-hydrogen) atoms. The van der Waals surface area contributed by atoms with Crippen molar-refractivity contribution in [3.8, 4) is 0 Å². The van der Waals surface area contributed by atoms with Crippen LogP contribution < -0.4 is 10.2 Å². The highest BCUT2D eigenvalue weighted by atomic mass is 127. The van der Waals surface area contributed by atoms with E-state index < -0.39 is 0 Å². The smallest absolute Gasteiger partial charge is 0.145 e. The lowest BCUT2D eigenvalue weighted by Gasteiger charge is -2.33. The van der Waals surface area contributed by atoms with Gasteiger partial charge in [0.15, 0.2) is 0 Å². The Bertz CT molecular complexity index is 389. The fourth-order valence-corrected chi connectivity index (χ4v) is 3.11. The fraction of sp³-hybridized carbons (Fsp3) is 0.714. The van der Waals surface area contributed by atoms with Gasteiger partial charge in [0.1, 0.15) is 12.1 Å². The predicted octanol–water partition coefficient (Wildman–Crippen LogP) is 2.54. The molecule has 5 heteroatoms. The molecule has 1 N–H and O–H groups in total. The van der Waals surface area contributed by atoms with Crippen LogP contribution in [0.25, 0.3) is 0 Å². The topological polar surface area (TPSA) is 41.0 Å². The molecule has 0 aliphatic carbocycles. The highest BCUT2D eigenvalue weighted by Gasteiger charge is 2.21. The molecule has 1 aromatic heterocycles. The Labute approximate surface area is 129 Å². The van der Waals surface area contributed by atoms with Crippen molar-refractivity contribution in [1.82, 2.24) is 15.3 Å². The Kier molecular flexibility index (Phi) is 5.81. The molecule has 0 saturated carbocycles. The van der Waals surface area contributed by atoms with Gasteiger partial charge in [-0.25, -0.2) is 9.97 Å². The van der Waals surface area contributed by atoms with Gasteiger partial charge in [0.05, 0.1) is 3.57 Å². The standard InChI is InChI=1S/C14H23IN4/c1-11(2)7-16-8-12-3-5-19(6-4-12)14-13(15)9-17-10-18-14/h9-12,16H,3-8H2,1-2H3. The minimum Gasteiger partial charge on any atom is -0.356 e. The van der Waals surface area contributed by atoms with Gasteiger partial charge in [0.25, 0.3) is 0 Å². The summed E-state index contributed by atoms with van der Waals surface area (Å²) in [7, 11) is 0. The monoisotopic (exact) mass is 374 g/mol. The zero-order chi connectivity index (χ0) is 13.7. The van der Waals surface area contributed by atoms with Crippen LogP contribution in [0.5, 0.6) is 0 Å². The Hall–Kier alpha value is -0.430. The van der Waals surface area contributed by atoms with Gasteiger partial charge in [0, 0.05) is 19.3 Å². The molecule has 2 rings (SSSR count). The van der Waals surface area contributed by atoms with Gasteiger partial charge in [-0.15, -0.1) is 0 Å². The number of nitrogens with one attached hydrogen (secondary N) is 1. The molecule has 0 radical (unpaired) electrons.